The molecular formula is C13H17N3O3. The maximum absolute atomic E-state index is 11.9. The van der Waals surface area contributed by atoms with Crippen LogP contribution in [-0.4, -0.2) is 33.1 Å². The summed E-state index contributed by atoms with van der Waals surface area (Å²) < 4.78 is 0. The highest BCUT2D eigenvalue weighted by molar-refractivity contribution is 5.78. The van der Waals surface area contributed by atoms with Gasteiger partial charge in [-0.3, -0.25) is 4.79 Å². The van der Waals surface area contributed by atoms with E-state index in [-0.39, 0.29) is 17.4 Å². The molecule has 102 valence electrons. The van der Waals surface area contributed by atoms with E-state index < -0.39 is 12.0 Å². The molecule has 3 rings (SSSR count). The van der Waals surface area contributed by atoms with Gasteiger partial charge < -0.3 is 15.0 Å². The molecule has 1 aromatic rings. The van der Waals surface area contributed by atoms with Gasteiger partial charge in [0.25, 0.3) is 5.56 Å². The van der Waals surface area contributed by atoms with E-state index in [4.69, 9.17) is 0 Å². The fourth-order valence-corrected chi connectivity index (χ4v) is 3.51. The van der Waals surface area contributed by atoms with Gasteiger partial charge in [-0.15, -0.1) is 0 Å². The second-order valence-electron chi connectivity index (χ2n) is 5.35. The molecule has 1 aromatic heterocycles. The van der Waals surface area contributed by atoms with Crippen molar-refractivity contribution in [2.24, 2.45) is 5.92 Å². The Hall–Kier alpha value is -1.85. The summed E-state index contributed by atoms with van der Waals surface area (Å²) in [7, 11) is 0. The first-order chi connectivity index (χ1) is 9.18. The molecule has 3 unspecified atom stereocenters. The van der Waals surface area contributed by atoms with E-state index in [2.05, 4.69) is 9.97 Å². The van der Waals surface area contributed by atoms with Crippen LogP contribution in [0.1, 0.15) is 32.1 Å². The van der Waals surface area contributed by atoms with Crippen LogP contribution in [0.15, 0.2) is 17.2 Å². The zero-order valence-electron chi connectivity index (χ0n) is 10.6. The number of hydrogen-bond acceptors (Lipinski definition) is 4. The minimum Gasteiger partial charge on any atom is -0.480 e. The second kappa shape index (κ2) is 4.68. The summed E-state index contributed by atoms with van der Waals surface area (Å²) >= 11 is 0. The highest BCUT2D eigenvalue weighted by atomic mass is 16.4. The number of aromatic nitrogens is 2. The van der Waals surface area contributed by atoms with Gasteiger partial charge in [-0.05, 0) is 25.2 Å². The van der Waals surface area contributed by atoms with Crippen LogP contribution >= 0.6 is 0 Å². The van der Waals surface area contributed by atoms with Crippen LogP contribution in [-0.2, 0) is 4.79 Å². The molecule has 6 nitrogen and oxygen atoms in total. The lowest BCUT2D eigenvalue weighted by Gasteiger charge is -2.33. The Morgan fingerprint density at radius 2 is 2.21 bits per heavy atom. The SMILES string of the molecule is O=C(O)C1CC2CCCCC2N1c1ncc[nH]c1=O. The predicted octanol–water partition coefficient (Wildman–Crippen LogP) is 0.992. The molecule has 1 aliphatic carbocycles. The number of rotatable bonds is 2. The fraction of sp³-hybridized carbons (Fsp3) is 0.615. The van der Waals surface area contributed by atoms with Crippen LogP contribution < -0.4 is 10.5 Å². The third kappa shape index (κ3) is 2.01. The average molecular weight is 263 g/mol. The lowest BCUT2D eigenvalue weighted by molar-refractivity contribution is -0.138. The summed E-state index contributed by atoms with van der Waals surface area (Å²) in [4.78, 5) is 31.8. The first kappa shape index (κ1) is 12.2. The Labute approximate surface area is 110 Å². The number of nitrogens with one attached hydrogen (secondary N) is 1. The van der Waals surface area contributed by atoms with Gasteiger partial charge in [-0.25, -0.2) is 9.78 Å². The summed E-state index contributed by atoms with van der Waals surface area (Å²) in [6.07, 6.45) is 7.84. The number of carboxylic acid groups (broad SMARTS) is 1. The topological polar surface area (TPSA) is 86.3 Å². The molecule has 0 aromatic carbocycles. The maximum atomic E-state index is 11.9. The fourth-order valence-electron chi connectivity index (χ4n) is 3.51. The Bertz CT molecular complexity index is 542. The van der Waals surface area contributed by atoms with Gasteiger partial charge in [-0.1, -0.05) is 12.8 Å². The van der Waals surface area contributed by atoms with Crippen molar-refractivity contribution < 1.29 is 9.90 Å². The minimum absolute atomic E-state index is 0.144. The Morgan fingerprint density at radius 3 is 2.95 bits per heavy atom. The van der Waals surface area contributed by atoms with E-state index in [0.29, 0.717) is 12.3 Å². The second-order valence-corrected chi connectivity index (χ2v) is 5.35. The molecule has 2 fully saturated rings. The molecule has 0 spiro atoms. The van der Waals surface area contributed by atoms with Crippen LogP contribution in [0.2, 0.25) is 0 Å². The average Bonchev–Trinajstić information content (AvgIpc) is 2.79. The highest BCUT2D eigenvalue weighted by Gasteiger charge is 2.46. The number of aliphatic carboxylic acids is 1. The van der Waals surface area contributed by atoms with Crippen molar-refractivity contribution in [3.63, 3.8) is 0 Å². The van der Waals surface area contributed by atoms with Gasteiger partial charge in [0.15, 0.2) is 5.82 Å². The van der Waals surface area contributed by atoms with Crippen LogP contribution in [0.4, 0.5) is 5.82 Å². The third-order valence-corrected chi connectivity index (χ3v) is 4.31. The number of nitrogens with zero attached hydrogens (tertiary/aromatic N) is 2. The first-order valence-corrected chi connectivity index (χ1v) is 6.73. The molecule has 1 saturated heterocycles. The van der Waals surface area contributed by atoms with E-state index in [1.54, 1.807) is 4.90 Å². The van der Waals surface area contributed by atoms with E-state index >= 15 is 0 Å². The molecule has 1 saturated carbocycles. The predicted molar refractivity (Wildman–Crippen MR) is 69.1 cm³/mol. The smallest absolute Gasteiger partial charge is 0.326 e. The van der Waals surface area contributed by atoms with Crippen molar-refractivity contribution in [3.05, 3.63) is 22.7 Å². The van der Waals surface area contributed by atoms with E-state index in [0.717, 1.165) is 25.7 Å². The quantitative estimate of drug-likeness (QED) is 0.831. The Kier molecular flexibility index (Phi) is 3.00. The molecule has 2 aliphatic rings. The normalized spacial score (nSPS) is 30.1. The summed E-state index contributed by atoms with van der Waals surface area (Å²) in [5.41, 5.74) is -0.306. The molecule has 2 N–H and O–H groups in total. The van der Waals surface area contributed by atoms with Crippen molar-refractivity contribution in [2.45, 2.75) is 44.2 Å². The molecule has 1 aliphatic heterocycles. The number of anilines is 1. The molecule has 6 heteroatoms. The number of carbonyl (C=O) groups is 1. The van der Waals surface area contributed by atoms with Crippen molar-refractivity contribution in [3.8, 4) is 0 Å². The highest BCUT2D eigenvalue weighted by Crippen LogP contribution is 2.40. The van der Waals surface area contributed by atoms with E-state index in [1.165, 1.54) is 12.4 Å². The van der Waals surface area contributed by atoms with E-state index in [1.807, 2.05) is 0 Å². The molecule has 2 heterocycles. The van der Waals surface area contributed by atoms with E-state index in [9.17, 15) is 14.7 Å². The number of aromatic amines is 1. The van der Waals surface area contributed by atoms with Gasteiger partial charge in [0.05, 0.1) is 0 Å². The first-order valence-electron chi connectivity index (χ1n) is 6.73. The van der Waals surface area contributed by atoms with Gasteiger partial charge >= 0.3 is 5.97 Å². The van der Waals surface area contributed by atoms with Crippen LogP contribution in [0.3, 0.4) is 0 Å². The van der Waals surface area contributed by atoms with Crippen LogP contribution in [0.25, 0.3) is 0 Å². The number of hydrogen-bond donors (Lipinski definition) is 2. The van der Waals surface area contributed by atoms with Gasteiger partial charge in [0, 0.05) is 18.4 Å². The zero-order valence-corrected chi connectivity index (χ0v) is 10.6. The Morgan fingerprint density at radius 1 is 1.42 bits per heavy atom. The molecular weight excluding hydrogens is 246 g/mol. The molecule has 3 atom stereocenters. The zero-order chi connectivity index (χ0) is 13.4. The number of carboxylic acids is 1. The molecule has 0 amide bonds. The van der Waals surface area contributed by atoms with Gasteiger partial charge in [0.1, 0.15) is 6.04 Å². The number of fused-ring (bicyclic) bond motifs is 1. The van der Waals surface area contributed by atoms with Crippen LogP contribution in [0.5, 0.6) is 0 Å². The lowest BCUT2D eigenvalue weighted by atomic mass is 9.85. The largest absolute Gasteiger partial charge is 0.480 e. The number of H-pyrrole nitrogens is 1. The summed E-state index contributed by atoms with van der Waals surface area (Å²) in [5, 5.41) is 9.40. The Balaban J connectivity index is 2.02. The summed E-state index contributed by atoms with van der Waals surface area (Å²) in [6, 6.07) is -0.477. The van der Waals surface area contributed by atoms with Crippen molar-refractivity contribution in [2.75, 3.05) is 4.90 Å². The van der Waals surface area contributed by atoms with Gasteiger partial charge in [-0.2, -0.15) is 0 Å². The van der Waals surface area contributed by atoms with Gasteiger partial charge in [0.2, 0.25) is 0 Å². The van der Waals surface area contributed by atoms with Crippen molar-refractivity contribution in [1.29, 1.82) is 0 Å². The van der Waals surface area contributed by atoms with Crippen molar-refractivity contribution in [1.82, 2.24) is 9.97 Å². The third-order valence-electron chi connectivity index (χ3n) is 4.31. The summed E-state index contributed by atoms with van der Waals surface area (Å²) in [6.45, 7) is 0. The summed E-state index contributed by atoms with van der Waals surface area (Å²) in [5.74, 6) is -0.236. The molecule has 19 heavy (non-hydrogen) atoms. The lowest BCUT2D eigenvalue weighted by Crippen LogP contribution is -2.45. The standard InChI is InChI=1S/C13H17N3O3/c17-12-11(14-5-6-15-12)16-9-4-2-1-3-8(9)7-10(16)13(18)19/h5-6,8-10H,1-4,7H2,(H,15,17)(H,18,19). The maximum Gasteiger partial charge on any atom is 0.326 e. The minimum atomic E-state index is -0.862. The van der Waals surface area contributed by atoms with Crippen molar-refractivity contribution >= 4 is 11.8 Å². The molecule has 0 radical (unpaired) electrons. The monoisotopic (exact) mass is 263 g/mol. The van der Waals surface area contributed by atoms with Crippen LogP contribution in [0, 0.1) is 5.92 Å². The molecule has 0 bridgehead atoms.